The molecule has 0 saturated heterocycles. The molecule has 12 heteroatoms. The number of ether oxygens (including phenoxy) is 1. The van der Waals surface area contributed by atoms with E-state index in [9.17, 15) is 18.3 Å². The van der Waals surface area contributed by atoms with Gasteiger partial charge in [0.2, 0.25) is 11.8 Å². The molecule has 244 valence electrons. The average Bonchev–Trinajstić information content (AvgIpc) is 2.98. The zero-order valence-corrected chi connectivity index (χ0v) is 28.1. The molecule has 0 radical (unpaired) electrons. The SMILES string of the molecule is Cc1cccc(C)c1-c1cc(OC[C@@H](CC(C)(C)C)NCc2nccc(C(C)C)n2)nc(NS(=O)(=O)c2cccc(C(=O)O)c2)n1. The molecule has 0 aliphatic rings. The van der Waals surface area contributed by atoms with Crippen molar-refractivity contribution < 1.29 is 23.1 Å². The third kappa shape index (κ3) is 9.30. The number of hydrogen-bond acceptors (Lipinski definition) is 9. The number of aryl methyl sites for hydroxylation is 2. The Morgan fingerprint density at radius 1 is 0.978 bits per heavy atom. The van der Waals surface area contributed by atoms with Crippen LogP contribution in [0.25, 0.3) is 11.3 Å². The lowest BCUT2D eigenvalue weighted by Crippen LogP contribution is -2.38. The standard InChI is InChI=1S/C34H42N6O5S/c1-21(2)27-14-15-35-29(37-27)19-36-25(18-34(5,6)7)20-45-30-17-28(31-22(3)10-8-11-23(31)4)38-33(39-30)40-46(43,44)26-13-9-12-24(16-26)32(41)42/h8-17,21,25,36H,18-20H2,1-7H3,(H,41,42)(H,38,39,40)/t25-/m1/s1. The van der Waals surface area contributed by atoms with E-state index in [1.165, 1.54) is 18.2 Å². The molecule has 4 rings (SSSR count). The molecule has 3 N–H and O–H groups in total. The van der Waals surface area contributed by atoms with E-state index in [1.807, 2.05) is 38.1 Å². The molecule has 4 aromatic rings. The molecule has 0 bridgehead atoms. The predicted octanol–water partition coefficient (Wildman–Crippen LogP) is 6.15. The fraction of sp³-hybridized carbons (Fsp3) is 0.382. The molecule has 0 spiro atoms. The van der Waals surface area contributed by atoms with E-state index in [0.717, 1.165) is 34.9 Å². The van der Waals surface area contributed by atoms with Crippen LogP contribution < -0.4 is 14.8 Å². The summed E-state index contributed by atoms with van der Waals surface area (Å²) in [7, 11) is -4.23. The Morgan fingerprint density at radius 3 is 2.33 bits per heavy atom. The second-order valence-electron chi connectivity index (χ2n) is 12.8. The number of sulfonamides is 1. The van der Waals surface area contributed by atoms with Crippen molar-refractivity contribution in [3.63, 3.8) is 0 Å². The highest BCUT2D eigenvalue weighted by atomic mass is 32.2. The summed E-state index contributed by atoms with van der Waals surface area (Å²) in [5.74, 6) is -0.280. The van der Waals surface area contributed by atoms with Gasteiger partial charge in [-0.05, 0) is 67.0 Å². The second kappa shape index (κ2) is 14.3. The summed E-state index contributed by atoms with van der Waals surface area (Å²) in [4.78, 5) is 29.3. The Kier molecular flexibility index (Phi) is 10.7. The summed E-state index contributed by atoms with van der Waals surface area (Å²) >= 11 is 0. The minimum atomic E-state index is -4.23. The molecule has 2 heterocycles. The Hall–Kier alpha value is -4.42. The number of rotatable bonds is 13. The van der Waals surface area contributed by atoms with Gasteiger partial charge in [0.1, 0.15) is 12.4 Å². The van der Waals surface area contributed by atoms with Crippen molar-refractivity contribution in [2.75, 3.05) is 11.3 Å². The molecule has 1 atom stereocenters. The van der Waals surface area contributed by atoms with Gasteiger partial charge in [0.15, 0.2) is 0 Å². The van der Waals surface area contributed by atoms with Crippen LogP contribution in [0.1, 0.15) is 80.0 Å². The van der Waals surface area contributed by atoms with Crippen LogP contribution in [-0.2, 0) is 16.6 Å². The van der Waals surface area contributed by atoms with Gasteiger partial charge in [0.25, 0.3) is 10.0 Å². The monoisotopic (exact) mass is 646 g/mol. The largest absolute Gasteiger partial charge is 0.478 e. The molecule has 0 aliphatic carbocycles. The highest BCUT2D eigenvalue weighted by molar-refractivity contribution is 7.92. The molecule has 0 unspecified atom stereocenters. The highest BCUT2D eigenvalue weighted by Gasteiger charge is 2.23. The van der Waals surface area contributed by atoms with E-state index in [-0.39, 0.29) is 46.3 Å². The predicted molar refractivity (Wildman–Crippen MR) is 177 cm³/mol. The van der Waals surface area contributed by atoms with Gasteiger partial charge in [-0.1, -0.05) is 58.9 Å². The average molecular weight is 647 g/mol. The van der Waals surface area contributed by atoms with Crippen LogP contribution in [0.15, 0.2) is 65.7 Å². The fourth-order valence-electron chi connectivity index (χ4n) is 5.04. The number of benzene rings is 2. The van der Waals surface area contributed by atoms with E-state index in [0.29, 0.717) is 18.1 Å². The molecule has 0 saturated carbocycles. The zero-order valence-electron chi connectivity index (χ0n) is 27.3. The summed E-state index contributed by atoms with van der Waals surface area (Å²) in [5.41, 5.74) is 4.00. The van der Waals surface area contributed by atoms with Crippen molar-refractivity contribution in [1.29, 1.82) is 0 Å². The Bertz CT molecular complexity index is 1780. The molecule has 46 heavy (non-hydrogen) atoms. The molecule has 0 fully saturated rings. The summed E-state index contributed by atoms with van der Waals surface area (Å²) in [6.07, 6.45) is 2.54. The lowest BCUT2D eigenvalue weighted by atomic mass is 9.88. The van der Waals surface area contributed by atoms with Crippen LogP contribution in [0.5, 0.6) is 5.88 Å². The highest BCUT2D eigenvalue weighted by Crippen LogP contribution is 2.30. The first-order valence-corrected chi connectivity index (χ1v) is 16.6. The van der Waals surface area contributed by atoms with Gasteiger partial charge in [-0.25, -0.2) is 32.9 Å². The first-order valence-electron chi connectivity index (χ1n) is 15.1. The summed E-state index contributed by atoms with van der Waals surface area (Å²) < 4.78 is 35.3. The van der Waals surface area contributed by atoms with Gasteiger partial charge >= 0.3 is 5.97 Å². The molecule has 11 nitrogen and oxygen atoms in total. The van der Waals surface area contributed by atoms with Crippen LogP contribution in [0.2, 0.25) is 0 Å². The van der Waals surface area contributed by atoms with Crippen molar-refractivity contribution >= 4 is 21.9 Å². The molecule has 2 aromatic heterocycles. The first-order chi connectivity index (χ1) is 21.6. The number of carboxylic acid groups (broad SMARTS) is 1. The zero-order chi connectivity index (χ0) is 33.6. The Morgan fingerprint density at radius 2 is 1.67 bits per heavy atom. The molecular weight excluding hydrogens is 604 g/mol. The minimum absolute atomic E-state index is 0.0258. The van der Waals surface area contributed by atoms with Crippen molar-refractivity contribution in [3.8, 4) is 17.1 Å². The van der Waals surface area contributed by atoms with Gasteiger partial charge in [-0.15, -0.1) is 0 Å². The lowest BCUT2D eigenvalue weighted by Gasteiger charge is -2.27. The quantitative estimate of drug-likeness (QED) is 0.154. The van der Waals surface area contributed by atoms with Crippen LogP contribution in [-0.4, -0.2) is 52.1 Å². The fourth-order valence-corrected chi connectivity index (χ4v) is 6.03. The topological polar surface area (TPSA) is 156 Å². The van der Waals surface area contributed by atoms with Crippen LogP contribution in [0, 0.1) is 19.3 Å². The van der Waals surface area contributed by atoms with Gasteiger partial charge in [0.05, 0.1) is 22.7 Å². The number of anilines is 1. The van der Waals surface area contributed by atoms with Crippen molar-refractivity contribution in [3.05, 3.63) is 89.0 Å². The van der Waals surface area contributed by atoms with Gasteiger partial charge in [-0.2, -0.15) is 4.98 Å². The van der Waals surface area contributed by atoms with Gasteiger partial charge in [0, 0.05) is 29.6 Å². The summed E-state index contributed by atoms with van der Waals surface area (Å²) in [6.45, 7) is 15.2. The van der Waals surface area contributed by atoms with E-state index in [2.05, 4.69) is 64.6 Å². The van der Waals surface area contributed by atoms with E-state index in [4.69, 9.17) is 4.74 Å². The number of hydrogen-bond donors (Lipinski definition) is 3. The van der Waals surface area contributed by atoms with E-state index >= 15 is 0 Å². The lowest BCUT2D eigenvalue weighted by molar-refractivity contribution is 0.0696. The molecule has 0 aliphatic heterocycles. The maximum absolute atomic E-state index is 13.3. The summed E-state index contributed by atoms with van der Waals surface area (Å²) in [5, 5.41) is 12.9. The smallest absolute Gasteiger partial charge is 0.335 e. The molecule has 2 aromatic carbocycles. The van der Waals surface area contributed by atoms with Gasteiger partial charge in [-0.3, -0.25) is 0 Å². The number of nitrogens with one attached hydrogen (secondary N) is 2. The van der Waals surface area contributed by atoms with E-state index < -0.39 is 16.0 Å². The minimum Gasteiger partial charge on any atom is -0.478 e. The first kappa shape index (κ1) is 34.5. The van der Waals surface area contributed by atoms with Crippen molar-refractivity contribution in [2.45, 2.75) is 78.3 Å². The van der Waals surface area contributed by atoms with Gasteiger partial charge < -0.3 is 15.2 Å². The van der Waals surface area contributed by atoms with Crippen molar-refractivity contribution in [2.24, 2.45) is 5.41 Å². The molecular formula is C34H42N6O5S. The van der Waals surface area contributed by atoms with E-state index in [1.54, 1.807) is 12.3 Å². The number of carbonyl (C=O) groups is 1. The maximum Gasteiger partial charge on any atom is 0.335 e. The third-order valence-electron chi connectivity index (χ3n) is 7.22. The number of aromatic carboxylic acids is 1. The van der Waals surface area contributed by atoms with Crippen LogP contribution in [0.3, 0.4) is 0 Å². The number of aromatic nitrogens is 4. The summed E-state index contributed by atoms with van der Waals surface area (Å²) in [6, 6.07) is 14.4. The Balaban J connectivity index is 1.65. The normalized spacial score (nSPS) is 12.6. The number of nitrogens with zero attached hydrogens (tertiary/aromatic N) is 4. The van der Waals surface area contributed by atoms with Crippen LogP contribution >= 0.6 is 0 Å². The van der Waals surface area contributed by atoms with Crippen molar-refractivity contribution in [1.82, 2.24) is 25.3 Å². The Labute approximate surface area is 271 Å². The second-order valence-corrected chi connectivity index (χ2v) is 14.5. The van der Waals surface area contributed by atoms with Crippen LogP contribution in [0.4, 0.5) is 5.95 Å². The molecule has 0 amide bonds. The maximum atomic E-state index is 13.3. The third-order valence-corrected chi connectivity index (χ3v) is 8.54. The number of carboxylic acids is 1.